The number of Topliss-reactive ketones (excluding diaryl/α,β-unsaturated/α-hetero) is 1. The molecule has 96 valence electrons. The third-order valence-corrected chi connectivity index (χ3v) is 2.82. The minimum Gasteiger partial charge on any atom is -0.465 e. The third kappa shape index (κ3) is 2.58. The van der Waals surface area contributed by atoms with Crippen LogP contribution in [0.3, 0.4) is 0 Å². The SMILES string of the molecule is O=C1/C(=C/c2ccco2)COC/C1=C\c1ccco1. The molecule has 2 aromatic heterocycles. The van der Waals surface area contributed by atoms with Crippen molar-refractivity contribution >= 4 is 17.9 Å². The van der Waals surface area contributed by atoms with Gasteiger partial charge in [-0.3, -0.25) is 4.79 Å². The first-order chi connectivity index (χ1) is 9.33. The molecule has 4 nitrogen and oxygen atoms in total. The van der Waals surface area contributed by atoms with Crippen LogP contribution in [0.1, 0.15) is 11.5 Å². The Morgan fingerprint density at radius 1 is 0.895 bits per heavy atom. The van der Waals surface area contributed by atoms with E-state index in [2.05, 4.69) is 0 Å². The van der Waals surface area contributed by atoms with Crippen LogP contribution in [-0.2, 0) is 9.53 Å². The van der Waals surface area contributed by atoms with E-state index in [4.69, 9.17) is 13.6 Å². The molecule has 2 aromatic rings. The first kappa shape index (κ1) is 11.7. The van der Waals surface area contributed by atoms with Crippen molar-refractivity contribution in [1.82, 2.24) is 0 Å². The van der Waals surface area contributed by atoms with Gasteiger partial charge in [0, 0.05) is 11.1 Å². The van der Waals surface area contributed by atoms with Crippen LogP contribution < -0.4 is 0 Å². The largest absolute Gasteiger partial charge is 0.465 e. The molecule has 0 N–H and O–H groups in total. The maximum absolute atomic E-state index is 12.3. The highest BCUT2D eigenvalue weighted by Gasteiger charge is 2.21. The van der Waals surface area contributed by atoms with E-state index in [1.807, 2.05) is 0 Å². The van der Waals surface area contributed by atoms with Crippen molar-refractivity contribution in [1.29, 1.82) is 0 Å². The summed E-state index contributed by atoms with van der Waals surface area (Å²) in [5, 5.41) is 0. The van der Waals surface area contributed by atoms with Crippen LogP contribution >= 0.6 is 0 Å². The van der Waals surface area contributed by atoms with Gasteiger partial charge in [-0.05, 0) is 36.4 Å². The maximum atomic E-state index is 12.3. The van der Waals surface area contributed by atoms with E-state index in [1.165, 1.54) is 0 Å². The topological polar surface area (TPSA) is 52.6 Å². The molecular formula is C15H12O4. The van der Waals surface area contributed by atoms with Crippen molar-refractivity contribution in [3.8, 4) is 0 Å². The van der Waals surface area contributed by atoms with E-state index in [-0.39, 0.29) is 5.78 Å². The summed E-state index contributed by atoms with van der Waals surface area (Å²) in [7, 11) is 0. The lowest BCUT2D eigenvalue weighted by atomic mass is 10.0. The van der Waals surface area contributed by atoms with E-state index in [1.54, 1.807) is 48.9 Å². The Bertz CT molecular complexity index is 561. The van der Waals surface area contributed by atoms with Gasteiger partial charge in [-0.15, -0.1) is 0 Å². The molecule has 0 aliphatic carbocycles. The van der Waals surface area contributed by atoms with Gasteiger partial charge in [0.1, 0.15) is 11.5 Å². The molecule has 3 heterocycles. The van der Waals surface area contributed by atoms with Crippen molar-refractivity contribution in [2.75, 3.05) is 13.2 Å². The van der Waals surface area contributed by atoms with E-state index >= 15 is 0 Å². The van der Waals surface area contributed by atoms with Crippen LogP contribution in [0.4, 0.5) is 0 Å². The lowest BCUT2D eigenvalue weighted by molar-refractivity contribution is -0.114. The molecule has 1 aliphatic heterocycles. The molecule has 3 rings (SSSR count). The molecule has 1 saturated heterocycles. The number of hydrogen-bond donors (Lipinski definition) is 0. The summed E-state index contributed by atoms with van der Waals surface area (Å²) < 4.78 is 15.8. The number of ether oxygens (including phenoxy) is 1. The van der Waals surface area contributed by atoms with Crippen molar-refractivity contribution in [2.45, 2.75) is 0 Å². The van der Waals surface area contributed by atoms with E-state index in [9.17, 15) is 4.79 Å². The van der Waals surface area contributed by atoms with Crippen LogP contribution in [0.5, 0.6) is 0 Å². The molecule has 1 aliphatic rings. The van der Waals surface area contributed by atoms with Crippen LogP contribution in [0.2, 0.25) is 0 Å². The van der Waals surface area contributed by atoms with Gasteiger partial charge in [-0.1, -0.05) is 0 Å². The second kappa shape index (κ2) is 5.12. The molecule has 0 saturated carbocycles. The summed E-state index contributed by atoms with van der Waals surface area (Å²) in [6.45, 7) is 0.601. The Kier molecular flexibility index (Phi) is 3.16. The smallest absolute Gasteiger partial charge is 0.189 e. The zero-order valence-corrected chi connectivity index (χ0v) is 10.2. The van der Waals surface area contributed by atoms with Gasteiger partial charge in [-0.2, -0.15) is 0 Å². The van der Waals surface area contributed by atoms with Gasteiger partial charge in [0.15, 0.2) is 5.78 Å². The summed E-state index contributed by atoms with van der Waals surface area (Å²) >= 11 is 0. The lowest BCUT2D eigenvalue weighted by Gasteiger charge is -2.16. The predicted molar refractivity (Wildman–Crippen MR) is 69.2 cm³/mol. The fraction of sp³-hybridized carbons (Fsp3) is 0.133. The summed E-state index contributed by atoms with van der Waals surface area (Å²) in [5.74, 6) is 1.26. The predicted octanol–water partition coefficient (Wildman–Crippen LogP) is 2.94. The molecule has 0 amide bonds. The van der Waals surface area contributed by atoms with Gasteiger partial charge in [-0.25, -0.2) is 0 Å². The number of carbonyl (C=O) groups is 1. The molecule has 0 unspecified atom stereocenters. The highest BCUT2D eigenvalue weighted by atomic mass is 16.5. The molecule has 0 aromatic carbocycles. The van der Waals surface area contributed by atoms with Gasteiger partial charge in [0.2, 0.25) is 0 Å². The van der Waals surface area contributed by atoms with Crippen LogP contribution in [0.25, 0.3) is 12.2 Å². The van der Waals surface area contributed by atoms with Crippen molar-refractivity contribution in [2.24, 2.45) is 0 Å². The Morgan fingerprint density at radius 3 is 1.84 bits per heavy atom. The first-order valence-electron chi connectivity index (χ1n) is 5.93. The van der Waals surface area contributed by atoms with Crippen molar-refractivity contribution in [3.63, 3.8) is 0 Å². The number of rotatable bonds is 2. The Morgan fingerprint density at radius 2 is 1.42 bits per heavy atom. The van der Waals surface area contributed by atoms with Crippen LogP contribution in [-0.4, -0.2) is 19.0 Å². The minimum absolute atomic E-state index is 0.0287. The normalized spacial score (nSPS) is 20.3. The second-order valence-corrected chi connectivity index (χ2v) is 4.19. The van der Waals surface area contributed by atoms with Crippen LogP contribution in [0, 0.1) is 0 Å². The molecule has 0 bridgehead atoms. The lowest BCUT2D eigenvalue weighted by Crippen LogP contribution is -2.21. The first-order valence-corrected chi connectivity index (χ1v) is 5.93. The van der Waals surface area contributed by atoms with Crippen molar-refractivity contribution < 1.29 is 18.4 Å². The van der Waals surface area contributed by atoms with Gasteiger partial charge in [0.25, 0.3) is 0 Å². The summed E-state index contributed by atoms with van der Waals surface area (Å²) in [4.78, 5) is 12.3. The van der Waals surface area contributed by atoms with E-state index in [0.29, 0.717) is 35.9 Å². The third-order valence-electron chi connectivity index (χ3n) is 2.82. The molecule has 19 heavy (non-hydrogen) atoms. The molecule has 1 fully saturated rings. The quantitative estimate of drug-likeness (QED) is 0.775. The average molecular weight is 256 g/mol. The Labute approximate surface area is 110 Å². The van der Waals surface area contributed by atoms with Crippen LogP contribution in [0.15, 0.2) is 56.8 Å². The summed E-state index contributed by atoms with van der Waals surface area (Å²) in [5.41, 5.74) is 1.16. The number of furan rings is 2. The molecular weight excluding hydrogens is 244 g/mol. The number of ketones is 1. The molecule has 0 spiro atoms. The number of carbonyl (C=O) groups excluding carboxylic acids is 1. The van der Waals surface area contributed by atoms with Gasteiger partial charge >= 0.3 is 0 Å². The minimum atomic E-state index is -0.0287. The summed E-state index contributed by atoms with van der Waals surface area (Å²) in [6, 6.07) is 7.15. The van der Waals surface area contributed by atoms with Crippen molar-refractivity contribution in [3.05, 3.63) is 59.5 Å². The second-order valence-electron chi connectivity index (χ2n) is 4.19. The molecule has 4 heteroatoms. The fourth-order valence-corrected chi connectivity index (χ4v) is 1.91. The van der Waals surface area contributed by atoms with E-state index in [0.717, 1.165) is 0 Å². The van der Waals surface area contributed by atoms with Gasteiger partial charge in [0.05, 0.1) is 25.7 Å². The standard InChI is InChI=1S/C15H12O4/c16-15-11(7-13-3-1-5-18-13)9-17-10-12(15)8-14-4-2-6-19-14/h1-8H,9-10H2/b11-7+,12-8+. The number of hydrogen-bond acceptors (Lipinski definition) is 4. The average Bonchev–Trinajstić information content (AvgIpc) is 3.07. The highest BCUT2D eigenvalue weighted by molar-refractivity contribution is 6.14. The molecule has 0 atom stereocenters. The zero-order valence-electron chi connectivity index (χ0n) is 10.2. The zero-order chi connectivity index (χ0) is 13.1. The monoisotopic (exact) mass is 256 g/mol. The Hall–Kier alpha value is -2.33. The van der Waals surface area contributed by atoms with E-state index < -0.39 is 0 Å². The fourth-order valence-electron chi connectivity index (χ4n) is 1.91. The van der Waals surface area contributed by atoms with Gasteiger partial charge < -0.3 is 13.6 Å². The molecule has 0 radical (unpaired) electrons. The summed E-state index contributed by atoms with van der Waals surface area (Å²) in [6.07, 6.45) is 6.55. The Balaban J connectivity index is 1.87. The highest BCUT2D eigenvalue weighted by Crippen LogP contribution is 2.20. The maximum Gasteiger partial charge on any atom is 0.189 e.